The molecule has 0 spiro atoms. The molecule has 4 heterocycles. The topological polar surface area (TPSA) is 36.6 Å². The van der Waals surface area contributed by atoms with Crippen LogP contribution in [0.15, 0.2) is 22.6 Å². The molecule has 1 saturated carbocycles. The summed E-state index contributed by atoms with van der Waals surface area (Å²) in [4.78, 5) is 2.73. The van der Waals surface area contributed by atoms with Gasteiger partial charge in [0, 0.05) is 35.5 Å². The first-order valence-electron chi connectivity index (χ1n) is 8.20. The molecule has 1 aromatic carbocycles. The summed E-state index contributed by atoms with van der Waals surface area (Å²) in [5.41, 5.74) is 2.30. The summed E-state index contributed by atoms with van der Waals surface area (Å²) in [6, 6.07) is 6.77. The number of phenolic OH excluding ortho intramolecular Hbond substituents is 1. The molecule has 3 heteroatoms. The van der Waals surface area contributed by atoms with Gasteiger partial charge in [-0.3, -0.25) is 4.90 Å². The lowest BCUT2D eigenvalue weighted by Crippen LogP contribution is -2.54. The van der Waals surface area contributed by atoms with Gasteiger partial charge >= 0.3 is 0 Å². The van der Waals surface area contributed by atoms with Gasteiger partial charge in [0.25, 0.3) is 0 Å². The van der Waals surface area contributed by atoms with Crippen molar-refractivity contribution in [2.24, 2.45) is 5.92 Å². The summed E-state index contributed by atoms with van der Waals surface area (Å²) in [6.07, 6.45) is 5.04. The van der Waals surface area contributed by atoms with Gasteiger partial charge in [-0.25, -0.2) is 0 Å². The molecule has 4 aliphatic rings. The van der Waals surface area contributed by atoms with Gasteiger partial charge < -0.3 is 9.52 Å². The number of hydrogen-bond donors (Lipinski definition) is 1. The molecule has 6 rings (SSSR count). The van der Waals surface area contributed by atoms with E-state index in [-0.39, 0.29) is 0 Å². The van der Waals surface area contributed by atoms with Crippen LogP contribution in [0.5, 0.6) is 5.75 Å². The highest BCUT2D eigenvalue weighted by molar-refractivity contribution is 5.84. The van der Waals surface area contributed by atoms with Gasteiger partial charge in [0.05, 0.1) is 0 Å². The monoisotopic (exact) mass is 283 g/mol. The third-order valence-corrected chi connectivity index (χ3v) is 6.03. The van der Waals surface area contributed by atoms with E-state index in [1.807, 2.05) is 12.1 Å². The molecule has 4 bridgehead atoms. The quantitative estimate of drug-likeness (QED) is 0.801. The van der Waals surface area contributed by atoms with E-state index in [9.17, 15) is 5.11 Å². The van der Waals surface area contributed by atoms with Crippen LogP contribution in [0.2, 0.25) is 0 Å². The van der Waals surface area contributed by atoms with E-state index in [1.165, 1.54) is 37.1 Å². The molecule has 5 atom stereocenters. The molecule has 3 fully saturated rings. The van der Waals surface area contributed by atoms with Crippen LogP contribution in [0.1, 0.15) is 43.4 Å². The van der Waals surface area contributed by atoms with Crippen LogP contribution in [0.4, 0.5) is 0 Å². The van der Waals surface area contributed by atoms with Gasteiger partial charge in [-0.15, -0.1) is 0 Å². The predicted octanol–water partition coefficient (Wildman–Crippen LogP) is 3.65. The summed E-state index contributed by atoms with van der Waals surface area (Å²) < 4.78 is 6.27. The number of phenols is 1. The zero-order chi connectivity index (χ0) is 14.1. The van der Waals surface area contributed by atoms with Crippen LogP contribution < -0.4 is 0 Å². The third-order valence-electron chi connectivity index (χ3n) is 6.03. The van der Waals surface area contributed by atoms with Gasteiger partial charge in [0.2, 0.25) is 0 Å². The van der Waals surface area contributed by atoms with Crippen molar-refractivity contribution in [2.75, 3.05) is 6.54 Å². The minimum absolute atomic E-state index is 0.341. The van der Waals surface area contributed by atoms with E-state index in [1.54, 1.807) is 6.07 Å². The maximum absolute atomic E-state index is 9.83. The van der Waals surface area contributed by atoms with Crippen molar-refractivity contribution in [2.45, 2.75) is 50.6 Å². The molecule has 1 N–H and O–H groups in total. The molecule has 1 aliphatic carbocycles. The Kier molecular flexibility index (Phi) is 2.33. The molecular formula is C18H21NO2. The minimum Gasteiger partial charge on any atom is -0.508 e. The van der Waals surface area contributed by atoms with Gasteiger partial charge in [-0.2, -0.15) is 0 Å². The van der Waals surface area contributed by atoms with Crippen molar-refractivity contribution in [3.05, 3.63) is 29.5 Å². The minimum atomic E-state index is 0.341. The fraction of sp³-hybridized carbons (Fsp3) is 0.556. The Balaban J connectivity index is 1.74. The van der Waals surface area contributed by atoms with Gasteiger partial charge in [0.15, 0.2) is 0 Å². The first-order valence-corrected chi connectivity index (χ1v) is 8.20. The van der Waals surface area contributed by atoms with E-state index in [0.717, 1.165) is 23.3 Å². The molecule has 2 aromatic rings. The van der Waals surface area contributed by atoms with E-state index in [4.69, 9.17) is 4.42 Å². The fourth-order valence-electron chi connectivity index (χ4n) is 5.10. The zero-order valence-electron chi connectivity index (χ0n) is 12.4. The second-order valence-corrected chi connectivity index (χ2v) is 7.23. The summed E-state index contributed by atoms with van der Waals surface area (Å²) >= 11 is 0. The average molecular weight is 283 g/mol. The summed E-state index contributed by atoms with van der Waals surface area (Å²) in [5, 5.41) is 11.0. The summed E-state index contributed by atoms with van der Waals surface area (Å²) in [6.45, 7) is 3.63. The van der Waals surface area contributed by atoms with Crippen molar-refractivity contribution in [1.82, 2.24) is 4.90 Å². The second kappa shape index (κ2) is 4.04. The number of hydrogen-bond acceptors (Lipinski definition) is 3. The Morgan fingerprint density at radius 1 is 1.29 bits per heavy atom. The normalized spacial score (nSPS) is 37.5. The summed E-state index contributed by atoms with van der Waals surface area (Å²) in [7, 11) is 0. The fourth-order valence-corrected chi connectivity index (χ4v) is 5.10. The van der Waals surface area contributed by atoms with Crippen molar-refractivity contribution in [3.63, 3.8) is 0 Å². The van der Waals surface area contributed by atoms with Gasteiger partial charge in [-0.1, -0.05) is 0 Å². The van der Waals surface area contributed by atoms with Crippen molar-refractivity contribution in [3.8, 4) is 5.75 Å². The lowest BCUT2D eigenvalue weighted by Gasteiger charge is -2.50. The lowest BCUT2D eigenvalue weighted by atomic mass is 9.72. The molecule has 21 heavy (non-hydrogen) atoms. The van der Waals surface area contributed by atoms with Crippen molar-refractivity contribution >= 4 is 11.0 Å². The summed E-state index contributed by atoms with van der Waals surface area (Å²) in [5.74, 6) is 2.97. The first kappa shape index (κ1) is 12.1. The molecule has 0 radical (unpaired) electrons. The SMILES string of the molecule is C[C@H]1Cc2c(oc3ccc(O)cc23)[C@@H]2C[C@@H]3CCC2N1C3. The number of furan rings is 1. The van der Waals surface area contributed by atoms with Crippen molar-refractivity contribution in [1.29, 1.82) is 0 Å². The van der Waals surface area contributed by atoms with E-state index < -0.39 is 0 Å². The standard InChI is InChI=1S/C18H21NO2/c1-10-6-14-13-8-12(20)3-5-17(13)21-18(14)15-7-11-2-4-16(15)19(10)9-11/h3,5,8,10-11,15-16,20H,2,4,6-7,9H2,1H3/t10-,11-,15+,16?/m0/s1. The third kappa shape index (κ3) is 1.58. The first-order chi connectivity index (χ1) is 10.2. The van der Waals surface area contributed by atoms with Crippen molar-refractivity contribution < 1.29 is 9.52 Å². The number of fused-ring (bicyclic) bond motifs is 4. The smallest absolute Gasteiger partial charge is 0.134 e. The molecule has 1 aromatic heterocycles. The van der Waals surface area contributed by atoms with Crippen LogP contribution >= 0.6 is 0 Å². The van der Waals surface area contributed by atoms with Crippen LogP contribution in [0, 0.1) is 5.92 Å². The Morgan fingerprint density at radius 2 is 2.19 bits per heavy atom. The average Bonchev–Trinajstić information content (AvgIpc) is 2.82. The Morgan fingerprint density at radius 3 is 3.05 bits per heavy atom. The Bertz CT molecular complexity index is 719. The Labute approximate surface area is 124 Å². The molecule has 2 unspecified atom stereocenters. The molecule has 3 aliphatic heterocycles. The van der Waals surface area contributed by atoms with Crippen LogP contribution in [0.3, 0.4) is 0 Å². The molecule has 2 saturated heterocycles. The van der Waals surface area contributed by atoms with Gasteiger partial charge in [0.1, 0.15) is 17.1 Å². The number of aromatic hydroxyl groups is 1. The second-order valence-electron chi connectivity index (χ2n) is 7.23. The van der Waals surface area contributed by atoms with E-state index >= 15 is 0 Å². The predicted molar refractivity (Wildman–Crippen MR) is 81.6 cm³/mol. The van der Waals surface area contributed by atoms with Crippen LogP contribution in [-0.4, -0.2) is 28.6 Å². The number of benzene rings is 1. The van der Waals surface area contributed by atoms with Crippen LogP contribution in [-0.2, 0) is 6.42 Å². The Hall–Kier alpha value is -1.48. The largest absolute Gasteiger partial charge is 0.508 e. The molecule has 3 nitrogen and oxygen atoms in total. The van der Waals surface area contributed by atoms with Gasteiger partial charge in [-0.05, 0) is 56.7 Å². The maximum atomic E-state index is 9.83. The highest BCUT2D eigenvalue weighted by Crippen LogP contribution is 2.50. The highest BCUT2D eigenvalue weighted by Gasteiger charge is 2.47. The van der Waals surface area contributed by atoms with E-state index in [2.05, 4.69) is 11.8 Å². The molecule has 110 valence electrons. The highest BCUT2D eigenvalue weighted by atomic mass is 16.3. The number of rotatable bonds is 0. The lowest BCUT2D eigenvalue weighted by molar-refractivity contribution is 0.00427. The maximum Gasteiger partial charge on any atom is 0.134 e. The molecular weight excluding hydrogens is 262 g/mol. The zero-order valence-corrected chi connectivity index (χ0v) is 12.4. The van der Waals surface area contributed by atoms with E-state index in [0.29, 0.717) is 23.8 Å². The number of piperidine rings is 2. The molecule has 0 amide bonds. The number of nitrogens with zero attached hydrogens (tertiary/aromatic N) is 1. The van der Waals surface area contributed by atoms with Crippen LogP contribution in [0.25, 0.3) is 11.0 Å².